The van der Waals surface area contributed by atoms with Gasteiger partial charge in [0.05, 0.1) is 12.8 Å². The Balaban J connectivity index is 2.43. The molecule has 0 spiro atoms. The van der Waals surface area contributed by atoms with Gasteiger partial charge in [0.25, 0.3) is 5.91 Å². The molecule has 0 atom stereocenters. The number of rotatable bonds is 4. The molecule has 0 aliphatic rings. The first-order chi connectivity index (χ1) is 7.58. The van der Waals surface area contributed by atoms with Crippen molar-refractivity contribution in [2.24, 2.45) is 5.10 Å². The third-order valence-electron chi connectivity index (χ3n) is 1.73. The van der Waals surface area contributed by atoms with Gasteiger partial charge in [-0.25, -0.2) is 5.43 Å². The van der Waals surface area contributed by atoms with Crippen LogP contribution in [-0.2, 0) is 4.79 Å². The first-order valence-electron chi connectivity index (χ1n) is 4.80. The number of benzene rings is 1. The third kappa shape index (κ3) is 5.04. The number of halogens is 1. The van der Waals surface area contributed by atoms with Crippen LogP contribution in [-0.4, -0.2) is 37.7 Å². The lowest BCUT2D eigenvalue weighted by atomic mass is 10.2. The molecule has 0 aliphatic carbocycles. The van der Waals surface area contributed by atoms with E-state index in [9.17, 15) is 4.79 Å². The van der Waals surface area contributed by atoms with Gasteiger partial charge in [0.1, 0.15) is 0 Å². The van der Waals surface area contributed by atoms with Crippen LogP contribution >= 0.6 is 15.9 Å². The molecule has 0 saturated heterocycles. The zero-order valence-corrected chi connectivity index (χ0v) is 10.9. The van der Waals surface area contributed by atoms with Gasteiger partial charge in [0.2, 0.25) is 0 Å². The Hall–Kier alpha value is -1.20. The highest BCUT2D eigenvalue weighted by Gasteiger charge is 1.99. The second-order valence-electron chi connectivity index (χ2n) is 3.58. The number of nitrogens with zero attached hydrogens (tertiary/aromatic N) is 2. The Morgan fingerprint density at radius 2 is 2.06 bits per heavy atom. The monoisotopic (exact) mass is 283 g/mol. The number of amides is 1. The Bertz CT molecular complexity index is 373. The highest BCUT2D eigenvalue weighted by Crippen LogP contribution is 2.08. The summed E-state index contributed by atoms with van der Waals surface area (Å²) in [6, 6.07) is 7.66. The average Bonchev–Trinajstić information content (AvgIpc) is 2.20. The molecule has 1 rings (SSSR count). The molecular formula is C11H14BrN3O. The molecule has 0 fully saturated rings. The molecule has 5 heteroatoms. The Morgan fingerprint density at radius 1 is 1.44 bits per heavy atom. The number of hydrogen-bond donors (Lipinski definition) is 1. The lowest BCUT2D eigenvalue weighted by Gasteiger charge is -2.06. The summed E-state index contributed by atoms with van der Waals surface area (Å²) in [6.45, 7) is 0.331. The SMILES string of the molecule is CN(C)CC(=O)N/N=C/c1ccc(Br)cc1. The predicted octanol–water partition coefficient (Wildman–Crippen LogP) is 1.46. The molecule has 0 aliphatic heterocycles. The van der Waals surface area contributed by atoms with Gasteiger partial charge in [-0.1, -0.05) is 28.1 Å². The fourth-order valence-corrected chi connectivity index (χ4v) is 1.31. The van der Waals surface area contributed by atoms with Crippen LogP contribution in [0, 0.1) is 0 Å². The van der Waals surface area contributed by atoms with Crippen LogP contribution in [0.2, 0.25) is 0 Å². The van der Waals surface area contributed by atoms with Gasteiger partial charge < -0.3 is 4.90 Å². The maximum atomic E-state index is 11.2. The molecule has 1 aromatic carbocycles. The summed E-state index contributed by atoms with van der Waals surface area (Å²) in [4.78, 5) is 13.0. The van der Waals surface area contributed by atoms with E-state index in [1.807, 2.05) is 38.4 Å². The van der Waals surface area contributed by atoms with Crippen LogP contribution in [0.1, 0.15) is 5.56 Å². The van der Waals surface area contributed by atoms with E-state index >= 15 is 0 Å². The second-order valence-corrected chi connectivity index (χ2v) is 4.50. The van der Waals surface area contributed by atoms with Crippen molar-refractivity contribution in [1.29, 1.82) is 0 Å². The third-order valence-corrected chi connectivity index (χ3v) is 2.26. The molecule has 1 N–H and O–H groups in total. The van der Waals surface area contributed by atoms with Gasteiger partial charge in [-0.3, -0.25) is 4.79 Å². The van der Waals surface area contributed by atoms with Crippen LogP contribution < -0.4 is 5.43 Å². The van der Waals surface area contributed by atoms with Crippen LogP contribution in [0.25, 0.3) is 0 Å². The van der Waals surface area contributed by atoms with Crippen LogP contribution in [0.15, 0.2) is 33.8 Å². The predicted molar refractivity (Wildman–Crippen MR) is 68.4 cm³/mol. The number of hydrazone groups is 1. The van der Waals surface area contributed by atoms with E-state index < -0.39 is 0 Å². The van der Waals surface area contributed by atoms with Gasteiger partial charge in [-0.15, -0.1) is 0 Å². The van der Waals surface area contributed by atoms with Crippen molar-refractivity contribution in [2.45, 2.75) is 0 Å². The standard InChI is InChI=1S/C11H14BrN3O/c1-15(2)8-11(16)14-13-7-9-3-5-10(12)6-4-9/h3-7H,8H2,1-2H3,(H,14,16)/b13-7+. The fraction of sp³-hybridized carbons (Fsp3) is 0.273. The largest absolute Gasteiger partial charge is 0.301 e. The van der Waals surface area contributed by atoms with Crippen LogP contribution in [0.3, 0.4) is 0 Å². The number of carbonyl (C=O) groups excluding carboxylic acids is 1. The van der Waals surface area contributed by atoms with E-state index in [4.69, 9.17) is 0 Å². The molecule has 0 heterocycles. The molecule has 0 radical (unpaired) electrons. The zero-order valence-electron chi connectivity index (χ0n) is 9.27. The van der Waals surface area contributed by atoms with Crippen molar-refractivity contribution >= 4 is 28.1 Å². The maximum absolute atomic E-state index is 11.2. The Labute approximate surface area is 103 Å². The summed E-state index contributed by atoms with van der Waals surface area (Å²) < 4.78 is 1.02. The lowest BCUT2D eigenvalue weighted by Crippen LogP contribution is -2.30. The van der Waals surface area contributed by atoms with Crippen molar-refractivity contribution in [3.63, 3.8) is 0 Å². The topological polar surface area (TPSA) is 44.7 Å². The minimum Gasteiger partial charge on any atom is -0.301 e. The number of likely N-dealkylation sites (N-methyl/N-ethyl adjacent to an activating group) is 1. The summed E-state index contributed by atoms with van der Waals surface area (Å²) in [6.07, 6.45) is 1.61. The highest BCUT2D eigenvalue weighted by molar-refractivity contribution is 9.10. The molecule has 1 aromatic rings. The smallest absolute Gasteiger partial charge is 0.254 e. The van der Waals surface area contributed by atoms with Crippen molar-refractivity contribution in [3.8, 4) is 0 Å². The van der Waals surface area contributed by atoms with Crippen LogP contribution in [0.4, 0.5) is 0 Å². The van der Waals surface area contributed by atoms with E-state index in [1.54, 1.807) is 11.1 Å². The first-order valence-corrected chi connectivity index (χ1v) is 5.59. The number of carbonyl (C=O) groups is 1. The van der Waals surface area contributed by atoms with E-state index in [1.165, 1.54) is 0 Å². The van der Waals surface area contributed by atoms with Gasteiger partial charge in [-0.2, -0.15) is 5.10 Å². The van der Waals surface area contributed by atoms with Gasteiger partial charge in [0, 0.05) is 4.47 Å². The molecule has 86 valence electrons. The normalized spacial score (nSPS) is 11.0. The summed E-state index contributed by atoms with van der Waals surface area (Å²) in [5.74, 6) is -0.127. The van der Waals surface area contributed by atoms with Crippen molar-refractivity contribution < 1.29 is 4.79 Å². The average molecular weight is 284 g/mol. The summed E-state index contributed by atoms with van der Waals surface area (Å²) in [5, 5.41) is 3.86. The second kappa shape index (κ2) is 6.40. The van der Waals surface area contributed by atoms with Crippen molar-refractivity contribution in [3.05, 3.63) is 34.3 Å². The van der Waals surface area contributed by atoms with E-state index in [2.05, 4.69) is 26.5 Å². The Morgan fingerprint density at radius 3 is 2.62 bits per heavy atom. The van der Waals surface area contributed by atoms with E-state index in [0.29, 0.717) is 6.54 Å². The summed E-state index contributed by atoms with van der Waals surface area (Å²) in [5.41, 5.74) is 3.39. The summed E-state index contributed by atoms with van der Waals surface area (Å²) >= 11 is 3.34. The zero-order chi connectivity index (χ0) is 12.0. The number of nitrogens with one attached hydrogen (secondary N) is 1. The molecule has 0 unspecified atom stereocenters. The maximum Gasteiger partial charge on any atom is 0.254 e. The van der Waals surface area contributed by atoms with Gasteiger partial charge in [0.15, 0.2) is 0 Å². The molecular weight excluding hydrogens is 270 g/mol. The lowest BCUT2D eigenvalue weighted by molar-refractivity contribution is -0.121. The summed E-state index contributed by atoms with van der Waals surface area (Å²) in [7, 11) is 3.66. The molecule has 16 heavy (non-hydrogen) atoms. The van der Waals surface area contributed by atoms with E-state index in [-0.39, 0.29) is 5.91 Å². The van der Waals surface area contributed by atoms with Gasteiger partial charge in [-0.05, 0) is 31.8 Å². The molecule has 0 bridgehead atoms. The van der Waals surface area contributed by atoms with Gasteiger partial charge >= 0.3 is 0 Å². The molecule has 0 aromatic heterocycles. The molecule has 4 nitrogen and oxygen atoms in total. The van der Waals surface area contributed by atoms with Crippen molar-refractivity contribution in [2.75, 3.05) is 20.6 Å². The minimum absolute atomic E-state index is 0.127. The Kier molecular flexibility index (Phi) is 5.14. The molecule has 0 saturated carbocycles. The van der Waals surface area contributed by atoms with E-state index in [0.717, 1.165) is 10.0 Å². The van der Waals surface area contributed by atoms with Crippen molar-refractivity contribution in [1.82, 2.24) is 10.3 Å². The minimum atomic E-state index is -0.127. The first kappa shape index (κ1) is 12.9. The quantitative estimate of drug-likeness (QED) is 0.672. The van der Waals surface area contributed by atoms with Crippen LogP contribution in [0.5, 0.6) is 0 Å². The highest BCUT2D eigenvalue weighted by atomic mass is 79.9. The molecule has 1 amide bonds. The number of hydrogen-bond acceptors (Lipinski definition) is 3. The fourth-order valence-electron chi connectivity index (χ4n) is 1.05.